The maximum absolute atomic E-state index is 10.0. The molecule has 1 rings (SSSR count). The van der Waals surface area contributed by atoms with Crippen molar-refractivity contribution in [3.8, 4) is 0 Å². The van der Waals surface area contributed by atoms with E-state index in [2.05, 4.69) is 19.7 Å². The maximum atomic E-state index is 10.0. The number of allylic oxidation sites excluding steroid dienone is 1. The van der Waals surface area contributed by atoms with Crippen LogP contribution in [0, 0.1) is 5.92 Å². The first-order chi connectivity index (χ1) is 8.32. The van der Waals surface area contributed by atoms with E-state index in [1.165, 1.54) is 0 Å². The highest BCUT2D eigenvalue weighted by Crippen LogP contribution is 2.29. The lowest BCUT2D eigenvalue weighted by Crippen LogP contribution is -2.29. The Hall–Kier alpha value is -0.900. The van der Waals surface area contributed by atoms with Gasteiger partial charge in [-0.2, -0.15) is 0 Å². The highest BCUT2D eigenvalue weighted by atomic mass is 16.3. The molecule has 102 valence electrons. The van der Waals surface area contributed by atoms with Gasteiger partial charge in [-0.25, -0.2) is 0 Å². The standard InChI is InChI=1S/C15H24O3/c1-9(2)12-6-5-10(3)13(16)8-15(18)11(4)14(17)7-12/h12-18H,1,3-8H2,2H3. The molecule has 0 aromatic heterocycles. The summed E-state index contributed by atoms with van der Waals surface area (Å²) in [5.41, 5.74) is 2.10. The highest BCUT2D eigenvalue weighted by Gasteiger charge is 2.26. The summed E-state index contributed by atoms with van der Waals surface area (Å²) in [4.78, 5) is 0. The predicted octanol–water partition coefficient (Wildman–Crippen LogP) is 1.95. The Labute approximate surface area is 109 Å². The van der Waals surface area contributed by atoms with E-state index in [-0.39, 0.29) is 12.3 Å². The third kappa shape index (κ3) is 3.80. The molecule has 0 saturated heterocycles. The number of hydrogen-bond donors (Lipinski definition) is 3. The van der Waals surface area contributed by atoms with Gasteiger partial charge in [0.25, 0.3) is 0 Å². The van der Waals surface area contributed by atoms with Gasteiger partial charge in [-0.1, -0.05) is 25.3 Å². The third-order valence-electron chi connectivity index (χ3n) is 3.79. The fourth-order valence-electron chi connectivity index (χ4n) is 2.26. The van der Waals surface area contributed by atoms with Crippen molar-refractivity contribution < 1.29 is 15.3 Å². The number of hydrogen-bond acceptors (Lipinski definition) is 3. The van der Waals surface area contributed by atoms with Crippen LogP contribution in [0.4, 0.5) is 0 Å². The van der Waals surface area contributed by atoms with E-state index in [4.69, 9.17) is 0 Å². The van der Waals surface area contributed by atoms with Crippen molar-refractivity contribution in [3.05, 3.63) is 36.5 Å². The molecule has 3 N–H and O–H groups in total. The molecule has 1 saturated carbocycles. The molecule has 0 spiro atoms. The Kier molecular flexibility index (Phi) is 5.32. The largest absolute Gasteiger partial charge is 0.389 e. The van der Waals surface area contributed by atoms with E-state index < -0.39 is 18.3 Å². The summed E-state index contributed by atoms with van der Waals surface area (Å²) in [6.45, 7) is 13.5. The normalized spacial score (nSPS) is 35.3. The van der Waals surface area contributed by atoms with Gasteiger partial charge in [-0.3, -0.25) is 0 Å². The average Bonchev–Trinajstić information content (AvgIpc) is 2.30. The van der Waals surface area contributed by atoms with Crippen molar-refractivity contribution in [3.63, 3.8) is 0 Å². The van der Waals surface area contributed by atoms with E-state index in [0.717, 1.165) is 17.6 Å². The van der Waals surface area contributed by atoms with Gasteiger partial charge in [-0.05, 0) is 43.3 Å². The van der Waals surface area contributed by atoms with E-state index in [0.29, 0.717) is 18.4 Å². The molecule has 0 amide bonds. The molecule has 3 heteroatoms. The number of aliphatic hydroxyl groups is 3. The molecule has 1 aliphatic carbocycles. The lowest BCUT2D eigenvalue weighted by molar-refractivity contribution is 0.0842. The molecule has 0 aromatic carbocycles. The van der Waals surface area contributed by atoms with Crippen LogP contribution >= 0.6 is 0 Å². The van der Waals surface area contributed by atoms with Gasteiger partial charge in [0.05, 0.1) is 18.3 Å². The number of rotatable bonds is 1. The molecular weight excluding hydrogens is 228 g/mol. The van der Waals surface area contributed by atoms with E-state index in [1.54, 1.807) is 0 Å². The summed E-state index contributed by atoms with van der Waals surface area (Å²) >= 11 is 0. The van der Waals surface area contributed by atoms with Crippen LogP contribution in [0.3, 0.4) is 0 Å². The maximum Gasteiger partial charge on any atom is 0.0800 e. The molecule has 1 aliphatic rings. The SMILES string of the molecule is C=C1CCC(C(=C)C)CC(O)C(=C)C(O)CC1O. The zero-order valence-electron chi connectivity index (χ0n) is 11.1. The minimum atomic E-state index is -0.893. The van der Waals surface area contributed by atoms with Crippen molar-refractivity contribution in [1.29, 1.82) is 0 Å². The topological polar surface area (TPSA) is 60.7 Å². The molecule has 0 radical (unpaired) electrons. The summed E-state index contributed by atoms with van der Waals surface area (Å²) in [5, 5.41) is 29.8. The van der Waals surface area contributed by atoms with Crippen LogP contribution in [0.25, 0.3) is 0 Å². The monoisotopic (exact) mass is 252 g/mol. The van der Waals surface area contributed by atoms with Crippen LogP contribution in [0.15, 0.2) is 36.5 Å². The van der Waals surface area contributed by atoms with Gasteiger partial charge in [-0.15, -0.1) is 0 Å². The van der Waals surface area contributed by atoms with Gasteiger partial charge >= 0.3 is 0 Å². The molecule has 0 bridgehead atoms. The number of aliphatic hydroxyl groups excluding tert-OH is 3. The van der Waals surface area contributed by atoms with Crippen molar-refractivity contribution in [1.82, 2.24) is 0 Å². The fraction of sp³-hybridized carbons (Fsp3) is 0.600. The minimum Gasteiger partial charge on any atom is -0.389 e. The Bertz CT molecular complexity index is 346. The second-order valence-corrected chi connectivity index (χ2v) is 5.33. The third-order valence-corrected chi connectivity index (χ3v) is 3.79. The lowest BCUT2D eigenvalue weighted by Gasteiger charge is -2.28. The van der Waals surface area contributed by atoms with Crippen LogP contribution in [-0.2, 0) is 0 Å². The Balaban J connectivity index is 2.87. The lowest BCUT2D eigenvalue weighted by atomic mass is 9.83. The zero-order chi connectivity index (χ0) is 13.9. The fourth-order valence-corrected chi connectivity index (χ4v) is 2.26. The molecule has 4 unspecified atom stereocenters. The first-order valence-corrected chi connectivity index (χ1v) is 6.38. The Morgan fingerprint density at radius 2 is 1.61 bits per heavy atom. The predicted molar refractivity (Wildman–Crippen MR) is 73.1 cm³/mol. The minimum absolute atomic E-state index is 0.158. The van der Waals surface area contributed by atoms with Crippen molar-refractivity contribution in [2.75, 3.05) is 0 Å². The summed E-state index contributed by atoms with van der Waals surface area (Å²) in [6.07, 6.45) is -0.208. The molecule has 1 fully saturated rings. The molecule has 4 atom stereocenters. The van der Waals surface area contributed by atoms with E-state index in [1.807, 2.05) is 6.92 Å². The van der Waals surface area contributed by atoms with E-state index >= 15 is 0 Å². The summed E-state index contributed by atoms with van der Waals surface area (Å²) in [6, 6.07) is 0. The highest BCUT2D eigenvalue weighted by molar-refractivity contribution is 5.15. The van der Waals surface area contributed by atoms with Crippen LogP contribution in [0.1, 0.15) is 32.6 Å². The first-order valence-electron chi connectivity index (χ1n) is 6.38. The first kappa shape index (κ1) is 15.2. The molecule has 3 nitrogen and oxygen atoms in total. The Morgan fingerprint density at radius 3 is 2.17 bits per heavy atom. The van der Waals surface area contributed by atoms with Gasteiger partial charge in [0.1, 0.15) is 0 Å². The van der Waals surface area contributed by atoms with Crippen LogP contribution < -0.4 is 0 Å². The van der Waals surface area contributed by atoms with Crippen molar-refractivity contribution in [2.45, 2.75) is 50.9 Å². The quantitative estimate of drug-likeness (QED) is 0.625. The summed E-state index contributed by atoms with van der Waals surface area (Å²) < 4.78 is 0. The molecule has 0 aliphatic heterocycles. The summed E-state index contributed by atoms with van der Waals surface area (Å²) in [5.74, 6) is 0.158. The van der Waals surface area contributed by atoms with Gasteiger partial charge in [0.15, 0.2) is 0 Å². The van der Waals surface area contributed by atoms with Crippen LogP contribution in [-0.4, -0.2) is 33.6 Å². The second kappa shape index (κ2) is 6.32. The summed E-state index contributed by atoms with van der Waals surface area (Å²) in [7, 11) is 0. The van der Waals surface area contributed by atoms with Crippen molar-refractivity contribution in [2.24, 2.45) is 5.92 Å². The second-order valence-electron chi connectivity index (χ2n) is 5.33. The van der Waals surface area contributed by atoms with Crippen LogP contribution in [0.5, 0.6) is 0 Å². The zero-order valence-corrected chi connectivity index (χ0v) is 11.1. The van der Waals surface area contributed by atoms with Gasteiger partial charge in [0, 0.05) is 6.42 Å². The van der Waals surface area contributed by atoms with E-state index in [9.17, 15) is 15.3 Å². The Morgan fingerprint density at radius 1 is 1.06 bits per heavy atom. The molecule has 0 heterocycles. The van der Waals surface area contributed by atoms with Crippen molar-refractivity contribution >= 4 is 0 Å². The van der Waals surface area contributed by atoms with Crippen LogP contribution in [0.2, 0.25) is 0 Å². The van der Waals surface area contributed by atoms with Gasteiger partial charge in [0.2, 0.25) is 0 Å². The molecule has 0 aromatic rings. The van der Waals surface area contributed by atoms with Gasteiger partial charge < -0.3 is 15.3 Å². The smallest absolute Gasteiger partial charge is 0.0800 e. The molecule has 18 heavy (non-hydrogen) atoms. The molecular formula is C15H24O3. The average molecular weight is 252 g/mol.